The van der Waals surface area contributed by atoms with Gasteiger partial charge in [0.15, 0.2) is 30.6 Å². The second-order valence-corrected chi connectivity index (χ2v) is 6.21. The lowest BCUT2D eigenvalue weighted by Crippen LogP contribution is -2.62. The first-order valence-electron chi connectivity index (χ1n) is 8.61. The highest BCUT2D eigenvalue weighted by molar-refractivity contribution is 5.77. The summed E-state index contributed by atoms with van der Waals surface area (Å²) in [5.74, 6) is -3.56. The van der Waals surface area contributed by atoms with Crippen molar-refractivity contribution in [3.63, 3.8) is 0 Å². The SMILES string of the molecule is COC(=O)[C@H]1O[C@@H](n2ccc(=O)[nH]c2=O)[C@H](OC(C)=O)[C@@H](OC(C)=O)[C@@H]1OC(C)=O. The van der Waals surface area contributed by atoms with E-state index in [2.05, 4.69) is 4.74 Å². The first-order chi connectivity index (χ1) is 14.0. The number of aromatic amines is 1. The Morgan fingerprint density at radius 3 is 1.97 bits per heavy atom. The van der Waals surface area contributed by atoms with E-state index in [0.717, 1.165) is 44.7 Å². The van der Waals surface area contributed by atoms with Gasteiger partial charge in [-0.15, -0.1) is 0 Å². The first-order valence-corrected chi connectivity index (χ1v) is 8.61. The normalized spacial score (nSPS) is 25.7. The van der Waals surface area contributed by atoms with Gasteiger partial charge in [-0.2, -0.15) is 0 Å². The second-order valence-electron chi connectivity index (χ2n) is 6.21. The molecule has 0 saturated carbocycles. The van der Waals surface area contributed by atoms with E-state index in [0.29, 0.717) is 0 Å². The fourth-order valence-electron chi connectivity index (χ4n) is 2.95. The molecule has 1 aliphatic heterocycles. The molecule has 1 saturated heterocycles. The second kappa shape index (κ2) is 9.35. The lowest BCUT2D eigenvalue weighted by molar-refractivity contribution is -0.263. The number of H-pyrrole nitrogens is 1. The van der Waals surface area contributed by atoms with E-state index >= 15 is 0 Å². The lowest BCUT2D eigenvalue weighted by Gasteiger charge is -2.43. The van der Waals surface area contributed by atoms with E-state index in [1.807, 2.05) is 4.98 Å². The van der Waals surface area contributed by atoms with Gasteiger partial charge in [-0.1, -0.05) is 0 Å². The summed E-state index contributed by atoms with van der Waals surface area (Å²) in [6.45, 7) is 3.13. The average molecular weight is 428 g/mol. The van der Waals surface area contributed by atoms with Gasteiger partial charge in [-0.05, 0) is 0 Å². The molecule has 1 N–H and O–H groups in total. The number of hydrogen-bond acceptors (Lipinski definition) is 11. The third kappa shape index (κ3) is 5.11. The van der Waals surface area contributed by atoms with Crippen LogP contribution in [0.25, 0.3) is 0 Å². The van der Waals surface area contributed by atoms with Gasteiger partial charge in [0.2, 0.25) is 0 Å². The predicted octanol–water partition coefficient (Wildman–Crippen LogP) is -1.60. The zero-order valence-corrected chi connectivity index (χ0v) is 16.5. The summed E-state index contributed by atoms with van der Waals surface area (Å²) < 4.78 is 26.6. The van der Waals surface area contributed by atoms with Gasteiger partial charge in [0.05, 0.1) is 7.11 Å². The van der Waals surface area contributed by atoms with E-state index in [1.54, 1.807) is 0 Å². The number of nitrogens with one attached hydrogen (secondary N) is 1. The molecule has 30 heavy (non-hydrogen) atoms. The Morgan fingerprint density at radius 2 is 1.47 bits per heavy atom. The highest BCUT2D eigenvalue weighted by atomic mass is 16.7. The monoisotopic (exact) mass is 428 g/mol. The summed E-state index contributed by atoms with van der Waals surface area (Å²) >= 11 is 0. The van der Waals surface area contributed by atoms with Crippen molar-refractivity contribution in [1.82, 2.24) is 9.55 Å². The number of hydrogen-bond donors (Lipinski definition) is 1. The third-order valence-corrected chi connectivity index (χ3v) is 3.98. The molecule has 13 heteroatoms. The number of carbonyl (C=O) groups is 4. The van der Waals surface area contributed by atoms with Crippen LogP contribution in [0.2, 0.25) is 0 Å². The van der Waals surface area contributed by atoms with Crippen LogP contribution >= 0.6 is 0 Å². The van der Waals surface area contributed by atoms with Crippen molar-refractivity contribution in [3.05, 3.63) is 33.1 Å². The van der Waals surface area contributed by atoms with Crippen LogP contribution in [0.1, 0.15) is 27.0 Å². The van der Waals surface area contributed by atoms with Crippen molar-refractivity contribution in [2.24, 2.45) is 0 Å². The molecule has 2 rings (SSSR count). The van der Waals surface area contributed by atoms with E-state index in [9.17, 15) is 28.8 Å². The van der Waals surface area contributed by atoms with E-state index < -0.39 is 65.8 Å². The Kier molecular flexibility index (Phi) is 7.10. The average Bonchev–Trinajstić information content (AvgIpc) is 2.63. The van der Waals surface area contributed by atoms with Gasteiger partial charge in [-0.25, -0.2) is 9.59 Å². The summed E-state index contributed by atoms with van der Waals surface area (Å²) in [6.07, 6.45) is -6.79. The van der Waals surface area contributed by atoms with Gasteiger partial charge >= 0.3 is 29.6 Å². The molecule has 0 aliphatic carbocycles. The number of rotatable bonds is 5. The topological polar surface area (TPSA) is 169 Å². The quantitative estimate of drug-likeness (QED) is 0.423. The molecule has 1 aromatic rings. The summed E-state index contributed by atoms with van der Waals surface area (Å²) in [5, 5.41) is 0. The van der Waals surface area contributed by atoms with Crippen LogP contribution in [0.15, 0.2) is 21.9 Å². The number of nitrogens with zero attached hydrogens (tertiary/aromatic N) is 1. The molecule has 0 amide bonds. The fraction of sp³-hybridized carbons (Fsp3) is 0.529. The molecule has 0 bridgehead atoms. The van der Waals surface area contributed by atoms with Gasteiger partial charge in [0.25, 0.3) is 5.56 Å². The Morgan fingerprint density at radius 1 is 0.933 bits per heavy atom. The Bertz CT molecular complexity index is 950. The molecule has 0 unspecified atom stereocenters. The predicted molar refractivity (Wildman–Crippen MR) is 93.9 cm³/mol. The minimum absolute atomic E-state index is 0.713. The number of ether oxygens (including phenoxy) is 5. The maximum absolute atomic E-state index is 12.3. The van der Waals surface area contributed by atoms with Crippen LogP contribution in [0.4, 0.5) is 0 Å². The Hall–Kier alpha value is -3.48. The van der Waals surface area contributed by atoms with Gasteiger partial charge in [0.1, 0.15) is 0 Å². The van der Waals surface area contributed by atoms with Crippen LogP contribution in [-0.2, 0) is 42.9 Å². The zero-order valence-electron chi connectivity index (χ0n) is 16.5. The largest absolute Gasteiger partial charge is 0.467 e. The summed E-state index contributed by atoms with van der Waals surface area (Å²) in [4.78, 5) is 73.0. The fourth-order valence-corrected chi connectivity index (χ4v) is 2.95. The summed E-state index contributed by atoms with van der Waals surface area (Å²) in [6, 6.07) is 0.988. The molecule has 5 atom stereocenters. The van der Waals surface area contributed by atoms with E-state index in [-0.39, 0.29) is 0 Å². The Balaban J connectivity index is 2.66. The van der Waals surface area contributed by atoms with Crippen LogP contribution in [0.5, 0.6) is 0 Å². The molecule has 1 aromatic heterocycles. The maximum Gasteiger partial charge on any atom is 0.339 e. The lowest BCUT2D eigenvalue weighted by atomic mass is 9.96. The smallest absolute Gasteiger partial charge is 0.339 e. The van der Waals surface area contributed by atoms with Crippen LogP contribution < -0.4 is 11.2 Å². The maximum atomic E-state index is 12.3. The molecular formula is C17H20N2O11. The molecule has 1 fully saturated rings. The van der Waals surface area contributed by atoms with Crippen molar-refractivity contribution in [2.45, 2.75) is 51.4 Å². The van der Waals surface area contributed by atoms with E-state index in [1.165, 1.54) is 0 Å². The van der Waals surface area contributed by atoms with Gasteiger partial charge < -0.3 is 23.7 Å². The van der Waals surface area contributed by atoms with Gasteiger partial charge in [0, 0.05) is 33.0 Å². The van der Waals surface area contributed by atoms with Crippen molar-refractivity contribution in [1.29, 1.82) is 0 Å². The summed E-state index contributed by atoms with van der Waals surface area (Å²) in [5.41, 5.74) is -1.67. The number of aromatic nitrogens is 2. The highest BCUT2D eigenvalue weighted by Gasteiger charge is 2.55. The molecular weight excluding hydrogens is 408 g/mol. The highest BCUT2D eigenvalue weighted by Crippen LogP contribution is 2.34. The molecule has 0 radical (unpaired) electrons. The van der Waals surface area contributed by atoms with Crippen LogP contribution in [0.3, 0.4) is 0 Å². The minimum atomic E-state index is -1.65. The molecule has 164 valence electrons. The van der Waals surface area contributed by atoms with Crippen molar-refractivity contribution in [3.8, 4) is 0 Å². The molecule has 13 nitrogen and oxygen atoms in total. The van der Waals surface area contributed by atoms with Crippen molar-refractivity contribution >= 4 is 23.9 Å². The molecule has 2 heterocycles. The zero-order chi connectivity index (χ0) is 22.6. The Labute approximate surface area is 168 Å². The third-order valence-electron chi connectivity index (χ3n) is 3.98. The van der Waals surface area contributed by atoms with Crippen LogP contribution in [-0.4, -0.2) is 65.0 Å². The first kappa shape index (κ1) is 22.8. The van der Waals surface area contributed by atoms with E-state index in [4.69, 9.17) is 18.9 Å². The molecule has 0 aromatic carbocycles. The van der Waals surface area contributed by atoms with Crippen molar-refractivity contribution < 1.29 is 42.9 Å². The summed E-state index contributed by atoms with van der Waals surface area (Å²) in [7, 11) is 1.04. The van der Waals surface area contributed by atoms with Gasteiger partial charge in [-0.3, -0.25) is 28.7 Å². The molecule has 1 aliphatic rings. The number of esters is 4. The number of methoxy groups -OCH3 is 1. The van der Waals surface area contributed by atoms with Crippen LogP contribution in [0, 0.1) is 0 Å². The minimum Gasteiger partial charge on any atom is -0.467 e. The molecule has 0 spiro atoms. The van der Waals surface area contributed by atoms with Crippen molar-refractivity contribution in [2.75, 3.05) is 7.11 Å². The standard InChI is InChI=1S/C17H20N2O11/c1-7(20)27-11-12(28-8(2)21)14(16(24)26-4)30-15(13(11)29-9(3)22)19-6-5-10(23)18-17(19)25/h5-6,11-15H,1-4H3,(H,18,23,25)/t11-,12-,13+,14-,15+/m0/s1. The number of carbonyl (C=O) groups excluding carboxylic acids is 4.